The largest absolute Gasteiger partial charge is 0.480 e. The van der Waals surface area contributed by atoms with Gasteiger partial charge in [0.25, 0.3) is 11.5 Å². The predicted octanol–water partition coefficient (Wildman–Crippen LogP) is 3.53. The van der Waals surface area contributed by atoms with Crippen molar-refractivity contribution in [3.63, 3.8) is 0 Å². The van der Waals surface area contributed by atoms with Gasteiger partial charge in [-0.3, -0.25) is 9.59 Å². The zero-order valence-corrected chi connectivity index (χ0v) is 18.0. The summed E-state index contributed by atoms with van der Waals surface area (Å²) in [4.78, 5) is 37.8. The summed E-state index contributed by atoms with van der Waals surface area (Å²) in [5.41, 5.74) is 2.12. The molecule has 166 valence electrons. The van der Waals surface area contributed by atoms with E-state index >= 15 is 0 Å². The molecule has 1 aromatic heterocycles. The number of aromatic nitrogens is 1. The number of fused-ring (bicyclic) bond motifs is 1. The van der Waals surface area contributed by atoms with Gasteiger partial charge in [0.05, 0.1) is 6.54 Å². The minimum atomic E-state index is -1.14. The van der Waals surface area contributed by atoms with Crippen molar-refractivity contribution in [2.75, 3.05) is 0 Å². The molecule has 0 aliphatic heterocycles. The van der Waals surface area contributed by atoms with E-state index in [9.17, 15) is 23.9 Å². The Morgan fingerprint density at radius 1 is 1.10 bits per heavy atom. The van der Waals surface area contributed by atoms with Crippen LogP contribution in [0.2, 0.25) is 0 Å². The van der Waals surface area contributed by atoms with E-state index in [2.05, 4.69) is 5.32 Å². The fraction of sp³-hybridized carbons (Fsp3) is 0.458. The molecular formula is C24H29FN2O4. The van der Waals surface area contributed by atoms with Gasteiger partial charge in [0, 0.05) is 5.69 Å². The molecule has 2 N–H and O–H groups in total. The Hall–Kier alpha value is -2.96. The maximum atomic E-state index is 13.4. The Morgan fingerprint density at radius 3 is 2.35 bits per heavy atom. The topological polar surface area (TPSA) is 88.4 Å². The number of hydrogen-bond donors (Lipinski definition) is 2. The summed E-state index contributed by atoms with van der Waals surface area (Å²) in [6.07, 6.45) is 5.58. The molecule has 0 bridgehead atoms. The number of carboxylic acid groups (broad SMARTS) is 1. The molecule has 0 spiro atoms. The summed E-state index contributed by atoms with van der Waals surface area (Å²) >= 11 is 0. The van der Waals surface area contributed by atoms with Crippen molar-refractivity contribution in [2.24, 2.45) is 5.92 Å². The van der Waals surface area contributed by atoms with Gasteiger partial charge in [-0.15, -0.1) is 0 Å². The number of nitrogens with one attached hydrogen (secondary N) is 1. The van der Waals surface area contributed by atoms with Gasteiger partial charge in [0.2, 0.25) is 0 Å². The van der Waals surface area contributed by atoms with Gasteiger partial charge in [-0.2, -0.15) is 0 Å². The lowest BCUT2D eigenvalue weighted by Gasteiger charge is -2.22. The summed E-state index contributed by atoms with van der Waals surface area (Å²) in [7, 11) is 0. The van der Waals surface area contributed by atoms with E-state index in [1.165, 1.54) is 12.1 Å². The number of carbonyl (C=O) groups excluding carboxylic acids is 1. The highest BCUT2D eigenvalue weighted by molar-refractivity contribution is 5.96. The molecule has 31 heavy (non-hydrogen) atoms. The first kappa shape index (κ1) is 22.7. The normalized spacial score (nSPS) is 15.0. The molecule has 0 saturated heterocycles. The molecule has 0 fully saturated rings. The second-order valence-corrected chi connectivity index (χ2v) is 8.50. The molecular weight excluding hydrogens is 399 g/mol. The molecule has 1 aliphatic carbocycles. The Bertz CT molecular complexity index is 1010. The number of pyridine rings is 1. The van der Waals surface area contributed by atoms with Gasteiger partial charge in [-0.25, -0.2) is 9.18 Å². The molecule has 1 amide bonds. The van der Waals surface area contributed by atoms with Gasteiger partial charge in [-0.1, -0.05) is 38.8 Å². The lowest BCUT2D eigenvalue weighted by Crippen LogP contribution is -2.46. The molecule has 7 heteroatoms. The van der Waals surface area contributed by atoms with E-state index < -0.39 is 23.5 Å². The maximum absolute atomic E-state index is 13.4. The molecule has 1 atom stereocenters. The fourth-order valence-electron chi connectivity index (χ4n) is 4.07. The number of benzene rings is 1. The van der Waals surface area contributed by atoms with E-state index in [0.29, 0.717) is 0 Å². The molecule has 0 saturated carbocycles. The number of nitrogens with zero attached hydrogens (tertiary/aromatic N) is 1. The Labute approximate surface area is 181 Å². The number of aryl methyl sites for hydroxylation is 1. The van der Waals surface area contributed by atoms with E-state index in [0.717, 1.165) is 55.3 Å². The van der Waals surface area contributed by atoms with Crippen molar-refractivity contribution in [3.05, 3.63) is 68.9 Å². The van der Waals surface area contributed by atoms with Crippen molar-refractivity contribution >= 4 is 11.9 Å². The van der Waals surface area contributed by atoms with Crippen molar-refractivity contribution in [3.8, 4) is 0 Å². The fourth-order valence-corrected chi connectivity index (χ4v) is 4.07. The van der Waals surface area contributed by atoms with Crippen molar-refractivity contribution in [2.45, 2.75) is 65.0 Å². The van der Waals surface area contributed by atoms with Gasteiger partial charge in [0.15, 0.2) is 0 Å². The SMILES string of the molecule is CC(C)[C@H](NC(=O)c1cc2c(n(Cc3ccc(F)cc3)c1=O)CCCCCC2)C(=O)O. The highest BCUT2D eigenvalue weighted by Crippen LogP contribution is 2.21. The minimum absolute atomic E-state index is 0.0478. The lowest BCUT2D eigenvalue weighted by atomic mass is 9.95. The van der Waals surface area contributed by atoms with Crippen molar-refractivity contribution in [1.82, 2.24) is 9.88 Å². The first-order valence-corrected chi connectivity index (χ1v) is 10.8. The number of carbonyl (C=O) groups is 2. The number of hydrogen-bond acceptors (Lipinski definition) is 3. The van der Waals surface area contributed by atoms with Gasteiger partial charge >= 0.3 is 5.97 Å². The first-order valence-electron chi connectivity index (χ1n) is 10.8. The van der Waals surface area contributed by atoms with E-state index in [4.69, 9.17) is 0 Å². The molecule has 1 aliphatic rings. The van der Waals surface area contributed by atoms with Crippen LogP contribution in [0.1, 0.15) is 66.7 Å². The lowest BCUT2D eigenvalue weighted by molar-refractivity contribution is -0.140. The van der Waals surface area contributed by atoms with Crippen LogP contribution in [0.15, 0.2) is 35.1 Å². The third-order valence-electron chi connectivity index (χ3n) is 5.82. The Balaban J connectivity index is 2.06. The highest BCUT2D eigenvalue weighted by Gasteiger charge is 2.27. The molecule has 2 aromatic rings. The van der Waals surface area contributed by atoms with Crippen LogP contribution in [-0.4, -0.2) is 27.6 Å². The number of amides is 1. The van der Waals surface area contributed by atoms with E-state index in [-0.39, 0.29) is 23.8 Å². The quantitative estimate of drug-likeness (QED) is 0.737. The predicted molar refractivity (Wildman–Crippen MR) is 116 cm³/mol. The van der Waals surface area contributed by atoms with Gasteiger partial charge in [-0.05, 0) is 60.9 Å². The first-order chi connectivity index (χ1) is 14.8. The number of aliphatic carboxylic acids is 1. The summed E-state index contributed by atoms with van der Waals surface area (Å²) in [5.74, 6) is -2.50. The maximum Gasteiger partial charge on any atom is 0.326 e. The summed E-state index contributed by atoms with van der Waals surface area (Å²) in [5, 5.41) is 11.9. The second kappa shape index (κ2) is 9.90. The van der Waals surface area contributed by atoms with Gasteiger partial charge in [0.1, 0.15) is 17.4 Å². The number of rotatable bonds is 6. The Kier molecular flexibility index (Phi) is 7.25. The smallest absolute Gasteiger partial charge is 0.326 e. The van der Waals surface area contributed by atoms with Crippen LogP contribution < -0.4 is 10.9 Å². The molecule has 0 radical (unpaired) electrons. The molecule has 6 nitrogen and oxygen atoms in total. The average Bonchev–Trinajstić information content (AvgIpc) is 2.70. The number of halogens is 1. The minimum Gasteiger partial charge on any atom is -0.480 e. The van der Waals surface area contributed by atoms with Crippen LogP contribution in [0, 0.1) is 11.7 Å². The molecule has 3 rings (SSSR count). The van der Waals surface area contributed by atoms with Crippen LogP contribution in [0.4, 0.5) is 4.39 Å². The molecule has 1 heterocycles. The van der Waals surface area contributed by atoms with Crippen LogP contribution in [0.3, 0.4) is 0 Å². The second-order valence-electron chi connectivity index (χ2n) is 8.50. The zero-order valence-electron chi connectivity index (χ0n) is 18.0. The third kappa shape index (κ3) is 5.40. The highest BCUT2D eigenvalue weighted by atomic mass is 19.1. The molecule has 0 unspecified atom stereocenters. The van der Waals surface area contributed by atoms with Crippen molar-refractivity contribution < 1.29 is 19.1 Å². The molecule has 1 aromatic carbocycles. The average molecular weight is 429 g/mol. The van der Waals surface area contributed by atoms with Crippen LogP contribution in [0.5, 0.6) is 0 Å². The zero-order chi connectivity index (χ0) is 22.5. The summed E-state index contributed by atoms with van der Waals surface area (Å²) in [6.45, 7) is 3.63. The monoisotopic (exact) mass is 428 g/mol. The van der Waals surface area contributed by atoms with Crippen LogP contribution in [-0.2, 0) is 24.2 Å². The van der Waals surface area contributed by atoms with Crippen molar-refractivity contribution in [1.29, 1.82) is 0 Å². The van der Waals surface area contributed by atoms with Crippen LogP contribution >= 0.6 is 0 Å². The summed E-state index contributed by atoms with van der Waals surface area (Å²) in [6, 6.07) is 6.51. The third-order valence-corrected chi connectivity index (χ3v) is 5.82. The standard InChI is InChI=1S/C24H29FN2O4/c1-15(2)21(24(30)31)26-22(28)19-13-17-7-5-3-4-6-8-20(17)27(23(19)29)14-16-9-11-18(25)12-10-16/h9-13,15,21H,3-8,14H2,1-2H3,(H,26,28)(H,30,31)/t21-/m0/s1. The van der Waals surface area contributed by atoms with E-state index in [1.807, 2.05) is 0 Å². The number of carboxylic acids is 1. The Morgan fingerprint density at radius 2 is 1.74 bits per heavy atom. The van der Waals surface area contributed by atoms with Gasteiger partial charge < -0.3 is 15.0 Å². The summed E-state index contributed by atoms with van der Waals surface area (Å²) < 4.78 is 14.9. The van der Waals surface area contributed by atoms with E-state index in [1.54, 1.807) is 36.6 Å². The van der Waals surface area contributed by atoms with Crippen LogP contribution in [0.25, 0.3) is 0 Å².